The van der Waals surface area contributed by atoms with E-state index in [1.54, 1.807) is 11.8 Å². The zero-order chi connectivity index (χ0) is 24.7. The van der Waals surface area contributed by atoms with E-state index >= 15 is 0 Å². The summed E-state index contributed by atoms with van der Waals surface area (Å²) in [5.41, 5.74) is 2.15. The van der Waals surface area contributed by atoms with Gasteiger partial charge in [0, 0.05) is 17.1 Å². The Morgan fingerprint density at radius 3 is 2.32 bits per heavy atom. The molecule has 0 heterocycles. The zero-order valence-electron chi connectivity index (χ0n) is 20.2. The fourth-order valence-electron chi connectivity index (χ4n) is 4.15. The predicted molar refractivity (Wildman–Crippen MR) is 143 cm³/mol. The Hall–Kier alpha value is -1.86. The van der Waals surface area contributed by atoms with Crippen LogP contribution in [0.25, 0.3) is 0 Å². The van der Waals surface area contributed by atoms with Crippen molar-refractivity contribution in [3.05, 3.63) is 62.5 Å². The standard InChI is InChI=1S/C27H34Br2N2O3/c1-18(2)21-11-14-25(24(29)15-21)34-17-26(32)31(16-20-9-12-22(28)13-10-20)19(3)27(33)30-23-7-5-4-6-8-23/h9-15,18-19,23H,4-8,16-17H2,1-3H3,(H,30,33)/t19-/m0/s1. The van der Waals surface area contributed by atoms with E-state index in [2.05, 4.69) is 51.0 Å². The van der Waals surface area contributed by atoms with Gasteiger partial charge in [-0.05, 0) is 77.0 Å². The number of ether oxygens (including phenoxy) is 1. The van der Waals surface area contributed by atoms with Crippen LogP contribution in [0.4, 0.5) is 0 Å². The van der Waals surface area contributed by atoms with E-state index < -0.39 is 6.04 Å². The maximum absolute atomic E-state index is 13.3. The maximum Gasteiger partial charge on any atom is 0.261 e. The second kappa shape index (κ2) is 12.7. The van der Waals surface area contributed by atoms with Crippen LogP contribution in [0.2, 0.25) is 0 Å². The molecule has 0 unspecified atom stereocenters. The lowest BCUT2D eigenvalue weighted by atomic mass is 9.95. The minimum absolute atomic E-state index is 0.111. The minimum Gasteiger partial charge on any atom is -0.483 e. The molecule has 0 radical (unpaired) electrons. The quantitative estimate of drug-likeness (QED) is 0.357. The molecule has 0 aromatic heterocycles. The van der Waals surface area contributed by atoms with Crippen molar-refractivity contribution in [1.29, 1.82) is 0 Å². The highest BCUT2D eigenvalue weighted by Gasteiger charge is 2.28. The zero-order valence-corrected chi connectivity index (χ0v) is 23.3. The van der Waals surface area contributed by atoms with Crippen LogP contribution in [0.3, 0.4) is 0 Å². The van der Waals surface area contributed by atoms with Crippen LogP contribution in [-0.4, -0.2) is 35.4 Å². The average molecular weight is 594 g/mol. The molecule has 1 N–H and O–H groups in total. The normalized spacial score (nSPS) is 15.1. The number of nitrogens with zero attached hydrogens (tertiary/aromatic N) is 1. The molecule has 1 atom stereocenters. The topological polar surface area (TPSA) is 58.6 Å². The van der Waals surface area contributed by atoms with Gasteiger partial charge < -0.3 is 15.0 Å². The van der Waals surface area contributed by atoms with Crippen LogP contribution < -0.4 is 10.1 Å². The van der Waals surface area contributed by atoms with Crippen LogP contribution in [-0.2, 0) is 16.1 Å². The van der Waals surface area contributed by atoms with Gasteiger partial charge in [0.25, 0.3) is 5.91 Å². The number of rotatable bonds is 9. The molecule has 2 aromatic carbocycles. The van der Waals surface area contributed by atoms with Gasteiger partial charge in [0.1, 0.15) is 11.8 Å². The van der Waals surface area contributed by atoms with Crippen LogP contribution in [0, 0.1) is 0 Å². The molecular formula is C27H34Br2N2O3. The van der Waals surface area contributed by atoms with Crippen molar-refractivity contribution in [3.8, 4) is 5.75 Å². The summed E-state index contributed by atoms with van der Waals surface area (Å²) in [5, 5.41) is 3.16. The van der Waals surface area contributed by atoms with Crippen molar-refractivity contribution in [2.24, 2.45) is 0 Å². The Morgan fingerprint density at radius 1 is 1.03 bits per heavy atom. The molecule has 1 fully saturated rings. The Kier molecular flexibility index (Phi) is 10.0. The molecule has 0 aliphatic heterocycles. The van der Waals surface area contributed by atoms with Gasteiger partial charge in [0.05, 0.1) is 4.47 Å². The summed E-state index contributed by atoms with van der Waals surface area (Å²) in [7, 11) is 0. The molecule has 2 aromatic rings. The second-order valence-electron chi connectivity index (χ2n) is 9.30. The first-order valence-electron chi connectivity index (χ1n) is 12.0. The Balaban J connectivity index is 1.71. The van der Waals surface area contributed by atoms with Crippen LogP contribution in [0.5, 0.6) is 5.75 Å². The fraction of sp³-hybridized carbons (Fsp3) is 0.481. The molecule has 1 aliphatic rings. The van der Waals surface area contributed by atoms with E-state index in [1.807, 2.05) is 42.5 Å². The van der Waals surface area contributed by atoms with Crippen LogP contribution >= 0.6 is 31.9 Å². The Morgan fingerprint density at radius 2 is 1.71 bits per heavy atom. The maximum atomic E-state index is 13.3. The Bertz CT molecular complexity index is 972. The lowest BCUT2D eigenvalue weighted by Gasteiger charge is -2.31. The number of halogens is 2. The largest absolute Gasteiger partial charge is 0.483 e. The van der Waals surface area contributed by atoms with Crippen LogP contribution in [0.15, 0.2) is 51.4 Å². The van der Waals surface area contributed by atoms with Crippen molar-refractivity contribution < 1.29 is 14.3 Å². The fourth-order valence-corrected chi connectivity index (χ4v) is 4.93. The van der Waals surface area contributed by atoms with Crippen molar-refractivity contribution in [2.75, 3.05) is 6.61 Å². The third kappa shape index (κ3) is 7.57. The average Bonchev–Trinajstić information content (AvgIpc) is 2.82. The number of hydrogen-bond acceptors (Lipinski definition) is 3. The first kappa shape index (κ1) is 26.7. The summed E-state index contributed by atoms with van der Waals surface area (Å²) in [4.78, 5) is 28.0. The van der Waals surface area contributed by atoms with Gasteiger partial charge in [-0.25, -0.2) is 0 Å². The number of carbonyl (C=O) groups is 2. The third-order valence-electron chi connectivity index (χ3n) is 6.36. The molecule has 5 nitrogen and oxygen atoms in total. The van der Waals surface area contributed by atoms with E-state index in [1.165, 1.54) is 12.0 Å². The van der Waals surface area contributed by atoms with Crippen molar-refractivity contribution in [2.45, 2.75) is 77.4 Å². The van der Waals surface area contributed by atoms with Gasteiger partial charge in [0.2, 0.25) is 5.91 Å². The minimum atomic E-state index is -0.603. The highest BCUT2D eigenvalue weighted by Crippen LogP contribution is 2.29. The van der Waals surface area contributed by atoms with E-state index in [0.29, 0.717) is 18.2 Å². The molecular weight excluding hydrogens is 560 g/mol. The van der Waals surface area contributed by atoms with Gasteiger partial charge >= 0.3 is 0 Å². The molecule has 184 valence electrons. The number of amides is 2. The smallest absolute Gasteiger partial charge is 0.261 e. The summed E-state index contributed by atoms with van der Waals surface area (Å²) in [6, 6.07) is 13.3. The highest BCUT2D eigenvalue weighted by molar-refractivity contribution is 9.10. The second-order valence-corrected chi connectivity index (χ2v) is 11.1. The van der Waals surface area contributed by atoms with Crippen LogP contribution in [0.1, 0.15) is 69.9 Å². The first-order valence-corrected chi connectivity index (χ1v) is 13.6. The first-order chi connectivity index (χ1) is 16.2. The van der Waals surface area contributed by atoms with E-state index in [0.717, 1.165) is 40.2 Å². The van der Waals surface area contributed by atoms with Crippen molar-refractivity contribution in [3.63, 3.8) is 0 Å². The van der Waals surface area contributed by atoms with Crippen molar-refractivity contribution >= 4 is 43.7 Å². The highest BCUT2D eigenvalue weighted by atomic mass is 79.9. The summed E-state index contributed by atoms with van der Waals surface area (Å²) >= 11 is 7.00. The van der Waals surface area contributed by atoms with Gasteiger partial charge in [-0.3, -0.25) is 9.59 Å². The number of carbonyl (C=O) groups excluding carboxylic acids is 2. The summed E-state index contributed by atoms with van der Waals surface area (Å²) in [6.45, 7) is 6.25. The van der Waals surface area contributed by atoms with Gasteiger partial charge in [-0.1, -0.05) is 67.2 Å². The van der Waals surface area contributed by atoms with Crippen molar-refractivity contribution in [1.82, 2.24) is 10.2 Å². The van der Waals surface area contributed by atoms with E-state index in [4.69, 9.17) is 4.74 Å². The summed E-state index contributed by atoms with van der Waals surface area (Å²) in [6.07, 6.45) is 5.50. The Labute approximate surface area is 219 Å². The molecule has 2 amide bonds. The molecule has 0 bridgehead atoms. The summed E-state index contributed by atoms with van der Waals surface area (Å²) in [5.74, 6) is 0.673. The third-order valence-corrected chi connectivity index (χ3v) is 7.51. The number of hydrogen-bond donors (Lipinski definition) is 1. The van der Waals surface area contributed by atoms with Gasteiger partial charge in [-0.2, -0.15) is 0 Å². The lowest BCUT2D eigenvalue weighted by molar-refractivity contribution is -0.142. The number of nitrogens with one attached hydrogen (secondary N) is 1. The van der Waals surface area contributed by atoms with Gasteiger partial charge in [0.15, 0.2) is 6.61 Å². The molecule has 7 heteroatoms. The lowest BCUT2D eigenvalue weighted by Crippen LogP contribution is -2.51. The molecule has 34 heavy (non-hydrogen) atoms. The van der Waals surface area contributed by atoms with E-state index in [9.17, 15) is 9.59 Å². The monoisotopic (exact) mass is 592 g/mol. The predicted octanol–water partition coefficient (Wildman–Crippen LogP) is 6.58. The number of benzene rings is 2. The molecule has 1 saturated carbocycles. The molecule has 1 aliphatic carbocycles. The molecule has 3 rings (SSSR count). The summed E-state index contributed by atoms with van der Waals surface area (Å²) < 4.78 is 7.66. The SMILES string of the molecule is CC(C)c1ccc(OCC(=O)N(Cc2ccc(Br)cc2)[C@@H](C)C(=O)NC2CCCCC2)c(Br)c1. The van der Waals surface area contributed by atoms with E-state index in [-0.39, 0.29) is 24.5 Å². The molecule has 0 spiro atoms. The van der Waals surface area contributed by atoms with Gasteiger partial charge in [-0.15, -0.1) is 0 Å². The molecule has 0 saturated heterocycles.